The Morgan fingerprint density at radius 1 is 1.15 bits per heavy atom. The van der Waals surface area contributed by atoms with Gasteiger partial charge in [-0.25, -0.2) is 13.2 Å². The minimum Gasteiger partial charge on any atom is -0.465 e. The summed E-state index contributed by atoms with van der Waals surface area (Å²) in [5.41, 5.74) is -0.0847. The molecule has 9 nitrogen and oxygen atoms in total. The molecule has 1 saturated heterocycles. The van der Waals surface area contributed by atoms with Crippen LogP contribution in [0.25, 0.3) is 0 Å². The van der Waals surface area contributed by atoms with Crippen molar-refractivity contribution < 1.29 is 31.9 Å². The lowest BCUT2D eigenvalue weighted by atomic mass is 10.2. The molecule has 0 bridgehead atoms. The van der Waals surface area contributed by atoms with Crippen LogP contribution in [0, 0.1) is 13.8 Å². The molecule has 0 radical (unpaired) electrons. The summed E-state index contributed by atoms with van der Waals surface area (Å²) < 4.78 is 42.9. The second kappa shape index (κ2) is 8.41. The van der Waals surface area contributed by atoms with Gasteiger partial charge in [-0.05, 0) is 27.7 Å². The van der Waals surface area contributed by atoms with Crippen LogP contribution < -0.4 is 0 Å². The smallest absolute Gasteiger partial charge is 0.342 e. The normalized spacial score (nSPS) is 17.0. The lowest BCUT2D eigenvalue weighted by molar-refractivity contribution is -0.143. The first-order valence-electron chi connectivity index (χ1n) is 8.73. The van der Waals surface area contributed by atoms with E-state index in [1.165, 1.54) is 25.3 Å². The van der Waals surface area contributed by atoms with Crippen LogP contribution in [0.2, 0.25) is 0 Å². The minimum atomic E-state index is -3.97. The molecule has 0 spiro atoms. The van der Waals surface area contributed by atoms with Crippen molar-refractivity contribution in [2.75, 3.05) is 39.9 Å². The van der Waals surface area contributed by atoms with E-state index >= 15 is 0 Å². The van der Waals surface area contributed by atoms with Crippen LogP contribution in [0.3, 0.4) is 0 Å². The number of nitrogens with zero attached hydrogens (tertiary/aromatic N) is 2. The summed E-state index contributed by atoms with van der Waals surface area (Å²) in [7, 11) is -2.78. The molecule has 0 aliphatic carbocycles. The van der Waals surface area contributed by atoms with Crippen molar-refractivity contribution in [1.29, 1.82) is 0 Å². The molecule has 2 heterocycles. The fourth-order valence-corrected chi connectivity index (χ4v) is 4.96. The molecule has 0 aromatic carbocycles. The van der Waals surface area contributed by atoms with Gasteiger partial charge < -0.3 is 18.8 Å². The lowest BCUT2D eigenvalue weighted by Gasteiger charge is -2.35. The van der Waals surface area contributed by atoms with E-state index in [0.717, 1.165) is 0 Å². The molecule has 1 fully saturated rings. The number of amides is 1. The van der Waals surface area contributed by atoms with Gasteiger partial charge in [-0.1, -0.05) is 0 Å². The topological polar surface area (TPSA) is 106 Å². The third-order valence-electron chi connectivity index (χ3n) is 4.51. The molecule has 1 amide bonds. The van der Waals surface area contributed by atoms with E-state index in [4.69, 9.17) is 13.9 Å². The van der Waals surface area contributed by atoms with Gasteiger partial charge >= 0.3 is 5.97 Å². The number of furan rings is 1. The van der Waals surface area contributed by atoms with Crippen molar-refractivity contribution in [3.63, 3.8) is 0 Å². The first kappa shape index (κ1) is 21.4. The van der Waals surface area contributed by atoms with Gasteiger partial charge in [-0.3, -0.25) is 4.79 Å². The Balaban J connectivity index is 2.21. The summed E-state index contributed by atoms with van der Waals surface area (Å²) in [6, 6.07) is 0. The third-order valence-corrected chi connectivity index (χ3v) is 6.56. The molecule has 152 valence electrons. The SMILES string of the molecule is CCOC(C)C(=O)N1CCN(S(=O)(=O)c2c(C)oc(C)c2C(=O)OC)CC1. The molecule has 2 rings (SSSR count). The maximum Gasteiger partial charge on any atom is 0.342 e. The number of hydrogen-bond donors (Lipinski definition) is 0. The van der Waals surface area contributed by atoms with Gasteiger partial charge in [0.25, 0.3) is 5.91 Å². The number of sulfonamides is 1. The minimum absolute atomic E-state index is 0.0847. The number of ether oxygens (including phenoxy) is 2. The van der Waals surface area contributed by atoms with E-state index in [9.17, 15) is 18.0 Å². The van der Waals surface area contributed by atoms with E-state index in [1.54, 1.807) is 11.8 Å². The molecular weight excluding hydrogens is 376 g/mol. The molecule has 1 atom stereocenters. The van der Waals surface area contributed by atoms with Gasteiger partial charge in [0.15, 0.2) is 0 Å². The maximum absolute atomic E-state index is 13.1. The molecule has 10 heteroatoms. The molecule has 1 aromatic rings. The van der Waals surface area contributed by atoms with Crippen molar-refractivity contribution >= 4 is 21.9 Å². The Bertz CT molecular complexity index is 807. The largest absolute Gasteiger partial charge is 0.465 e. The van der Waals surface area contributed by atoms with Gasteiger partial charge in [-0.2, -0.15) is 4.31 Å². The van der Waals surface area contributed by atoms with Gasteiger partial charge in [-0.15, -0.1) is 0 Å². The number of aryl methyl sites for hydroxylation is 2. The number of carbonyl (C=O) groups is 2. The first-order valence-corrected chi connectivity index (χ1v) is 10.2. The van der Waals surface area contributed by atoms with E-state index in [-0.39, 0.29) is 54.1 Å². The highest BCUT2D eigenvalue weighted by molar-refractivity contribution is 7.89. The zero-order valence-electron chi connectivity index (χ0n) is 16.3. The number of hydrogen-bond acceptors (Lipinski definition) is 7. The first-order chi connectivity index (χ1) is 12.6. The molecule has 1 aromatic heterocycles. The second-order valence-corrected chi connectivity index (χ2v) is 8.11. The fourth-order valence-electron chi connectivity index (χ4n) is 3.17. The highest BCUT2D eigenvalue weighted by Crippen LogP contribution is 2.30. The van der Waals surface area contributed by atoms with E-state index in [2.05, 4.69) is 0 Å². The molecule has 0 saturated carbocycles. The quantitative estimate of drug-likeness (QED) is 0.652. The van der Waals surface area contributed by atoms with Crippen LogP contribution in [0.15, 0.2) is 9.31 Å². The highest BCUT2D eigenvalue weighted by Gasteiger charge is 2.38. The highest BCUT2D eigenvalue weighted by atomic mass is 32.2. The molecule has 27 heavy (non-hydrogen) atoms. The molecule has 1 aliphatic heterocycles. The summed E-state index contributed by atoms with van der Waals surface area (Å²) >= 11 is 0. The van der Waals surface area contributed by atoms with Crippen molar-refractivity contribution in [2.24, 2.45) is 0 Å². The summed E-state index contributed by atoms with van der Waals surface area (Å²) in [5, 5.41) is 0. The number of rotatable bonds is 6. The number of carbonyl (C=O) groups excluding carboxylic acids is 2. The summed E-state index contributed by atoms with van der Waals surface area (Å²) in [6.45, 7) is 7.67. The Kier molecular flexibility index (Phi) is 6.66. The third kappa shape index (κ3) is 4.17. The average Bonchev–Trinajstić information content (AvgIpc) is 2.95. The standard InChI is InChI=1S/C17H26N2O7S/c1-6-25-13(4)16(20)18-7-9-19(10-8-18)27(22,23)15-12(3)26-11(2)14(15)17(21)24-5/h13H,6-10H2,1-5H3. The number of methoxy groups -OCH3 is 1. The lowest BCUT2D eigenvalue weighted by Crippen LogP contribution is -2.52. The van der Waals surface area contributed by atoms with Crippen molar-refractivity contribution in [2.45, 2.75) is 38.7 Å². The Morgan fingerprint density at radius 2 is 1.74 bits per heavy atom. The Morgan fingerprint density at radius 3 is 2.26 bits per heavy atom. The fraction of sp³-hybridized carbons (Fsp3) is 0.647. The zero-order chi connectivity index (χ0) is 20.4. The van der Waals surface area contributed by atoms with E-state index < -0.39 is 22.1 Å². The molecular formula is C17H26N2O7S. The summed E-state index contributed by atoms with van der Waals surface area (Å²) in [4.78, 5) is 25.8. The number of piperazine rings is 1. The van der Waals surface area contributed by atoms with Crippen LogP contribution in [0.1, 0.15) is 35.7 Å². The van der Waals surface area contributed by atoms with Crippen LogP contribution in [-0.4, -0.2) is 75.5 Å². The van der Waals surface area contributed by atoms with E-state index in [1.807, 2.05) is 6.92 Å². The predicted octanol–water partition coefficient (Wildman–Crippen LogP) is 0.941. The average molecular weight is 402 g/mol. The van der Waals surface area contributed by atoms with Crippen molar-refractivity contribution in [1.82, 2.24) is 9.21 Å². The van der Waals surface area contributed by atoms with Gasteiger partial charge in [0.2, 0.25) is 10.0 Å². The van der Waals surface area contributed by atoms with Crippen molar-refractivity contribution in [3.8, 4) is 0 Å². The number of esters is 1. The molecule has 1 aliphatic rings. The Labute approximate surface area is 159 Å². The van der Waals surface area contributed by atoms with Crippen LogP contribution in [0.4, 0.5) is 0 Å². The zero-order valence-corrected chi connectivity index (χ0v) is 17.1. The van der Waals surface area contributed by atoms with Gasteiger partial charge in [0.05, 0.1) is 7.11 Å². The van der Waals surface area contributed by atoms with Crippen molar-refractivity contribution in [3.05, 3.63) is 17.1 Å². The summed E-state index contributed by atoms with van der Waals surface area (Å²) in [5.74, 6) is -0.601. The van der Waals surface area contributed by atoms with Crippen LogP contribution >= 0.6 is 0 Å². The van der Waals surface area contributed by atoms with Crippen LogP contribution in [-0.2, 0) is 24.3 Å². The van der Waals surface area contributed by atoms with E-state index in [0.29, 0.717) is 6.61 Å². The van der Waals surface area contributed by atoms with Gasteiger partial charge in [0.1, 0.15) is 28.1 Å². The maximum atomic E-state index is 13.1. The summed E-state index contributed by atoms with van der Waals surface area (Å²) in [6.07, 6.45) is -0.567. The van der Waals surface area contributed by atoms with Crippen LogP contribution in [0.5, 0.6) is 0 Å². The monoisotopic (exact) mass is 402 g/mol. The molecule has 1 unspecified atom stereocenters. The van der Waals surface area contributed by atoms with Gasteiger partial charge in [0, 0.05) is 32.8 Å². The predicted molar refractivity (Wildman–Crippen MR) is 95.9 cm³/mol. The Hall–Kier alpha value is -1.91. The molecule has 0 N–H and O–H groups in total. The second-order valence-electron chi connectivity index (χ2n) is 6.24.